The van der Waals surface area contributed by atoms with Crippen molar-refractivity contribution in [1.82, 2.24) is 5.43 Å². The lowest BCUT2D eigenvalue weighted by atomic mass is 10.2. The predicted molar refractivity (Wildman–Crippen MR) is 92.0 cm³/mol. The van der Waals surface area contributed by atoms with Gasteiger partial charge in [-0.1, -0.05) is 29.8 Å². The van der Waals surface area contributed by atoms with Crippen molar-refractivity contribution in [3.8, 4) is 11.5 Å². The maximum Gasteiger partial charge on any atom is 0.341 e. The summed E-state index contributed by atoms with van der Waals surface area (Å²) in [6, 6.07) is 14.0. The van der Waals surface area contributed by atoms with Crippen LogP contribution < -0.4 is 14.9 Å². The van der Waals surface area contributed by atoms with Crippen LogP contribution in [0.15, 0.2) is 53.6 Å². The van der Waals surface area contributed by atoms with Gasteiger partial charge in [0.2, 0.25) is 0 Å². The number of carbonyl (C=O) groups excluding carboxylic acids is 1. The first kappa shape index (κ1) is 18.0. The highest BCUT2D eigenvalue weighted by Crippen LogP contribution is 2.12. The first-order chi connectivity index (χ1) is 12.0. The van der Waals surface area contributed by atoms with E-state index in [9.17, 15) is 9.59 Å². The second kappa shape index (κ2) is 9.07. The molecule has 0 unspecified atom stereocenters. The molecule has 7 nitrogen and oxygen atoms in total. The van der Waals surface area contributed by atoms with Crippen LogP contribution in [0.5, 0.6) is 11.5 Å². The van der Waals surface area contributed by atoms with Crippen LogP contribution in [0.25, 0.3) is 0 Å². The number of aliphatic carboxylic acids is 1. The van der Waals surface area contributed by atoms with Crippen LogP contribution >= 0.6 is 0 Å². The largest absolute Gasteiger partial charge is 0.484 e. The molecular formula is C18H18N2O5. The van der Waals surface area contributed by atoms with Crippen molar-refractivity contribution in [3.05, 3.63) is 59.7 Å². The summed E-state index contributed by atoms with van der Waals surface area (Å²) < 4.78 is 10.4. The smallest absolute Gasteiger partial charge is 0.341 e. The number of nitrogens with one attached hydrogen (secondary N) is 1. The molecule has 2 rings (SSSR count). The van der Waals surface area contributed by atoms with Gasteiger partial charge in [0, 0.05) is 0 Å². The highest BCUT2D eigenvalue weighted by molar-refractivity contribution is 5.83. The SMILES string of the molecule is Cc1ccc(OCC(=O)N/N=C/c2cccc(OCC(=O)O)c2)cc1. The lowest BCUT2D eigenvalue weighted by molar-refractivity contribution is -0.139. The summed E-state index contributed by atoms with van der Waals surface area (Å²) in [5, 5.41) is 12.4. The van der Waals surface area contributed by atoms with Crippen molar-refractivity contribution < 1.29 is 24.2 Å². The molecule has 0 radical (unpaired) electrons. The molecule has 2 N–H and O–H groups in total. The van der Waals surface area contributed by atoms with Crippen molar-refractivity contribution in [1.29, 1.82) is 0 Å². The molecule has 0 bridgehead atoms. The van der Waals surface area contributed by atoms with Crippen LogP contribution in [0.4, 0.5) is 0 Å². The molecule has 25 heavy (non-hydrogen) atoms. The number of nitrogens with zero attached hydrogens (tertiary/aromatic N) is 1. The van der Waals surface area contributed by atoms with Crippen LogP contribution in [-0.2, 0) is 9.59 Å². The second-order valence-electron chi connectivity index (χ2n) is 5.15. The molecule has 0 aliphatic heterocycles. The van der Waals surface area contributed by atoms with Gasteiger partial charge >= 0.3 is 5.97 Å². The number of carbonyl (C=O) groups is 2. The van der Waals surface area contributed by atoms with E-state index in [1.165, 1.54) is 6.21 Å². The number of hydrogen-bond acceptors (Lipinski definition) is 5. The average molecular weight is 342 g/mol. The van der Waals surface area contributed by atoms with Crippen LogP contribution in [-0.4, -0.2) is 36.4 Å². The van der Waals surface area contributed by atoms with E-state index in [0.717, 1.165) is 5.56 Å². The molecule has 2 aromatic rings. The third kappa shape index (κ3) is 6.74. The Bertz CT molecular complexity index is 756. The molecule has 0 fully saturated rings. The van der Waals surface area contributed by atoms with Crippen LogP contribution in [0.3, 0.4) is 0 Å². The van der Waals surface area contributed by atoms with Gasteiger partial charge in [0.1, 0.15) is 11.5 Å². The standard InChI is InChI=1S/C18H18N2O5/c1-13-5-7-15(8-6-13)24-11-17(21)20-19-10-14-3-2-4-16(9-14)25-12-18(22)23/h2-10H,11-12H2,1H3,(H,20,21)(H,22,23)/b19-10+. The minimum atomic E-state index is -1.06. The zero-order valence-corrected chi connectivity index (χ0v) is 13.6. The summed E-state index contributed by atoms with van der Waals surface area (Å²) in [4.78, 5) is 22.2. The van der Waals surface area contributed by atoms with E-state index in [0.29, 0.717) is 17.1 Å². The minimum Gasteiger partial charge on any atom is -0.484 e. The van der Waals surface area contributed by atoms with E-state index in [4.69, 9.17) is 14.6 Å². The maximum atomic E-state index is 11.7. The molecule has 0 aromatic heterocycles. The number of carboxylic acids is 1. The van der Waals surface area contributed by atoms with E-state index in [1.54, 1.807) is 36.4 Å². The zero-order valence-electron chi connectivity index (χ0n) is 13.6. The Kier molecular flexibility index (Phi) is 6.53. The lowest BCUT2D eigenvalue weighted by Gasteiger charge is -2.05. The van der Waals surface area contributed by atoms with Gasteiger partial charge in [-0.05, 0) is 36.8 Å². The van der Waals surface area contributed by atoms with Crippen molar-refractivity contribution >= 4 is 18.1 Å². The summed E-state index contributed by atoms with van der Waals surface area (Å²) in [5.74, 6) is -0.441. The maximum absolute atomic E-state index is 11.7. The summed E-state index contributed by atoms with van der Waals surface area (Å²) in [6.45, 7) is 1.39. The van der Waals surface area contributed by atoms with E-state index < -0.39 is 18.5 Å². The molecule has 7 heteroatoms. The molecule has 0 atom stereocenters. The molecule has 0 aliphatic rings. The highest BCUT2D eigenvalue weighted by atomic mass is 16.5. The summed E-state index contributed by atoms with van der Waals surface area (Å²) in [7, 11) is 0. The minimum absolute atomic E-state index is 0.151. The molecule has 2 aromatic carbocycles. The number of carboxylic acid groups (broad SMARTS) is 1. The van der Waals surface area contributed by atoms with Gasteiger partial charge in [-0.2, -0.15) is 5.10 Å². The molecule has 0 spiro atoms. The van der Waals surface area contributed by atoms with E-state index >= 15 is 0 Å². The van der Waals surface area contributed by atoms with Crippen LogP contribution in [0, 0.1) is 6.92 Å². The number of hydrazone groups is 1. The third-order valence-electron chi connectivity index (χ3n) is 3.01. The predicted octanol–water partition coefficient (Wildman–Crippen LogP) is 1.99. The molecule has 130 valence electrons. The number of benzene rings is 2. The number of ether oxygens (including phenoxy) is 2. The number of amides is 1. The quantitative estimate of drug-likeness (QED) is 0.565. The van der Waals surface area contributed by atoms with Crippen molar-refractivity contribution in [2.45, 2.75) is 6.92 Å². The Hall–Kier alpha value is -3.35. The van der Waals surface area contributed by atoms with Gasteiger partial charge in [0.15, 0.2) is 13.2 Å². The molecule has 0 saturated carbocycles. The summed E-state index contributed by atoms with van der Waals surface area (Å²) in [6.07, 6.45) is 1.43. The van der Waals surface area contributed by atoms with Crippen molar-refractivity contribution in [2.75, 3.05) is 13.2 Å². The number of rotatable bonds is 8. The fraction of sp³-hybridized carbons (Fsp3) is 0.167. The first-order valence-corrected chi connectivity index (χ1v) is 7.49. The topological polar surface area (TPSA) is 97.2 Å². The van der Waals surface area contributed by atoms with E-state index in [-0.39, 0.29) is 6.61 Å². The molecule has 0 heterocycles. The fourth-order valence-corrected chi connectivity index (χ4v) is 1.82. The van der Waals surface area contributed by atoms with Crippen LogP contribution in [0.2, 0.25) is 0 Å². The van der Waals surface area contributed by atoms with Crippen molar-refractivity contribution in [2.24, 2.45) is 5.10 Å². The number of hydrogen-bond donors (Lipinski definition) is 2. The van der Waals surface area contributed by atoms with Gasteiger partial charge in [-0.15, -0.1) is 0 Å². The summed E-state index contributed by atoms with van der Waals surface area (Å²) >= 11 is 0. The van der Waals surface area contributed by atoms with Gasteiger partial charge in [0.25, 0.3) is 5.91 Å². The Morgan fingerprint density at radius 3 is 2.52 bits per heavy atom. The van der Waals surface area contributed by atoms with Gasteiger partial charge in [-0.25, -0.2) is 10.2 Å². The Labute approximate surface area is 144 Å². The van der Waals surface area contributed by atoms with Gasteiger partial charge < -0.3 is 14.6 Å². The average Bonchev–Trinajstić information content (AvgIpc) is 2.60. The second-order valence-corrected chi connectivity index (χ2v) is 5.15. The highest BCUT2D eigenvalue weighted by Gasteiger charge is 2.02. The van der Waals surface area contributed by atoms with Crippen LogP contribution in [0.1, 0.15) is 11.1 Å². The normalized spacial score (nSPS) is 10.4. The lowest BCUT2D eigenvalue weighted by Crippen LogP contribution is -2.24. The molecular weight excluding hydrogens is 324 g/mol. The first-order valence-electron chi connectivity index (χ1n) is 7.49. The fourth-order valence-electron chi connectivity index (χ4n) is 1.82. The number of aryl methyl sites for hydroxylation is 1. The van der Waals surface area contributed by atoms with Gasteiger partial charge in [0.05, 0.1) is 6.21 Å². The van der Waals surface area contributed by atoms with E-state index in [2.05, 4.69) is 10.5 Å². The van der Waals surface area contributed by atoms with Gasteiger partial charge in [-0.3, -0.25) is 4.79 Å². The Balaban J connectivity index is 1.79. The zero-order chi connectivity index (χ0) is 18.1. The summed E-state index contributed by atoms with van der Waals surface area (Å²) in [5.41, 5.74) is 4.12. The Morgan fingerprint density at radius 1 is 1.08 bits per heavy atom. The monoisotopic (exact) mass is 342 g/mol. The van der Waals surface area contributed by atoms with E-state index in [1.807, 2.05) is 19.1 Å². The molecule has 0 saturated heterocycles. The Morgan fingerprint density at radius 2 is 1.80 bits per heavy atom. The molecule has 1 amide bonds. The van der Waals surface area contributed by atoms with Crippen molar-refractivity contribution in [3.63, 3.8) is 0 Å². The third-order valence-corrected chi connectivity index (χ3v) is 3.01. The molecule has 0 aliphatic carbocycles.